The Hall–Kier alpha value is -6.77. The van der Waals surface area contributed by atoms with Gasteiger partial charge in [0.05, 0.1) is 37.6 Å². The lowest BCUT2D eigenvalue weighted by Crippen LogP contribution is -2.44. The lowest BCUT2D eigenvalue weighted by Gasteiger charge is -2.33. The topological polar surface area (TPSA) is 291 Å². The van der Waals surface area contributed by atoms with Crippen molar-refractivity contribution < 1.29 is 75.0 Å². The summed E-state index contributed by atoms with van der Waals surface area (Å²) in [4.78, 5) is 68.5. The van der Waals surface area contributed by atoms with Gasteiger partial charge < -0.3 is 68.2 Å². The maximum Gasteiger partial charge on any atom is 0.410 e. The molecule has 6 aliphatic rings. The fraction of sp³-hybridized carbons (Fsp3) is 0.564. The van der Waals surface area contributed by atoms with Gasteiger partial charge in [0, 0.05) is 69.0 Å². The molecule has 8 heterocycles. The quantitative estimate of drug-likeness (QED) is 0.113. The summed E-state index contributed by atoms with van der Waals surface area (Å²) in [5.41, 5.74) is 5.76. The molecule has 25 heteroatoms. The largest absolute Gasteiger partial charge is 0.469 e. The second-order valence-electron chi connectivity index (χ2n) is 22.0. The summed E-state index contributed by atoms with van der Waals surface area (Å²) in [6.07, 6.45) is 3.08. The van der Waals surface area contributed by atoms with Crippen LogP contribution in [0.25, 0.3) is 0 Å². The summed E-state index contributed by atoms with van der Waals surface area (Å²) < 4.78 is 80.2. The van der Waals surface area contributed by atoms with Crippen molar-refractivity contribution in [3.63, 3.8) is 0 Å². The number of benzene rings is 2. The zero-order valence-electron chi connectivity index (χ0n) is 46.0. The van der Waals surface area contributed by atoms with Crippen molar-refractivity contribution in [2.45, 2.75) is 144 Å². The molecule has 0 unspecified atom stereocenters. The number of nitrogens with two attached hydrogens (primary N) is 1. The first kappa shape index (κ1) is 59.4. The van der Waals surface area contributed by atoms with Crippen molar-refractivity contribution in [3.8, 4) is 11.8 Å². The molecular formula is C55H72N8O16S. The van der Waals surface area contributed by atoms with Crippen LogP contribution in [0.3, 0.4) is 0 Å². The Morgan fingerprint density at radius 2 is 0.975 bits per heavy atom. The standard InChI is InChI=1S/C27H34N4O7.C18H18N2O7S.C10H20N2O2/c1-27(2,3)38-26(33)31-13-10-18(11-14-31)29-25-28-12-9-21(30-25)36-19-15-34-23-20(16-35-22(19)23)37-24(32)17-7-5-4-6-8-17;1-28(22,23)18-19-8-7-14(20-18)26-12-9-24-16-13(10-25-15(12)16)27-17(21)11-5-3-2-4-6-11;1-10(2,3)14-9(13)12-6-4-8(11)5-7-12/h4-9,12,18-20,22-23H,10-11,13-16H2,1-3H3,(H,28,29,30);2-8,12-13,15-16H,9-10H2,1H3;8H,4-7,11H2,1-3H3/t19-,20-,22+,23+;12-,13-,15+,16+;/m00./s1. The molecule has 8 atom stereocenters. The molecule has 0 saturated carbocycles. The highest BCUT2D eigenvalue weighted by molar-refractivity contribution is 7.90. The van der Waals surface area contributed by atoms with Crippen molar-refractivity contribution >= 4 is 39.9 Å². The third kappa shape index (κ3) is 16.7. The van der Waals surface area contributed by atoms with Crippen LogP contribution < -0.4 is 20.5 Å². The second kappa shape index (κ2) is 26.2. The summed E-state index contributed by atoms with van der Waals surface area (Å²) in [5.74, 6) is 0.109. The van der Waals surface area contributed by atoms with Gasteiger partial charge in [-0.3, -0.25) is 0 Å². The Balaban J connectivity index is 0.000000175. The number of sulfone groups is 1. The van der Waals surface area contributed by atoms with E-state index in [1.165, 1.54) is 12.3 Å². The number of piperidine rings is 2. The van der Waals surface area contributed by atoms with E-state index in [9.17, 15) is 27.6 Å². The third-order valence-electron chi connectivity index (χ3n) is 13.2. The Labute approximate surface area is 465 Å². The smallest absolute Gasteiger partial charge is 0.410 e. The molecule has 2 aromatic heterocycles. The molecule has 2 amide bonds. The van der Waals surface area contributed by atoms with Crippen LogP contribution in [-0.4, -0.2) is 193 Å². The number of anilines is 1. The van der Waals surface area contributed by atoms with E-state index >= 15 is 0 Å². The predicted molar refractivity (Wildman–Crippen MR) is 286 cm³/mol. The number of carbonyl (C=O) groups is 4. The van der Waals surface area contributed by atoms with Crippen molar-refractivity contribution in [1.29, 1.82) is 0 Å². The number of fused-ring (bicyclic) bond motifs is 2. The number of nitrogens with one attached hydrogen (secondary N) is 1. The molecule has 6 aliphatic heterocycles. The number of rotatable bonds is 11. The average molecular weight is 1130 g/mol. The molecule has 24 nitrogen and oxygen atoms in total. The van der Waals surface area contributed by atoms with E-state index < -0.39 is 69.6 Å². The highest BCUT2D eigenvalue weighted by atomic mass is 32.2. The summed E-state index contributed by atoms with van der Waals surface area (Å²) >= 11 is 0. The predicted octanol–water partition coefficient (Wildman–Crippen LogP) is 5.05. The Kier molecular flexibility index (Phi) is 19.5. The lowest BCUT2D eigenvalue weighted by molar-refractivity contribution is -0.0195. The molecule has 4 aromatic rings. The van der Waals surface area contributed by atoms with E-state index in [0.717, 1.165) is 45.0 Å². The summed E-state index contributed by atoms with van der Waals surface area (Å²) in [6.45, 7) is 14.8. The normalized spacial score (nSPS) is 24.9. The number of amides is 2. The molecule has 6 fully saturated rings. The van der Waals surface area contributed by atoms with Gasteiger partial charge in [-0.05, 0) is 91.5 Å². The van der Waals surface area contributed by atoms with E-state index in [1.807, 2.05) is 53.7 Å². The minimum atomic E-state index is -3.55. The van der Waals surface area contributed by atoms with E-state index in [4.69, 9.17) is 53.1 Å². The first-order valence-corrected chi connectivity index (χ1v) is 28.6. The van der Waals surface area contributed by atoms with Gasteiger partial charge in [0.2, 0.25) is 32.7 Å². The van der Waals surface area contributed by atoms with E-state index in [1.54, 1.807) is 70.6 Å². The molecule has 3 N–H and O–H groups in total. The Bertz CT molecular complexity index is 2830. The van der Waals surface area contributed by atoms with Crippen molar-refractivity contribution in [2.75, 3.05) is 64.2 Å². The summed E-state index contributed by atoms with van der Waals surface area (Å²) in [7, 11) is -3.55. The molecule has 6 saturated heterocycles. The number of ether oxygens (including phenoxy) is 10. The number of nitrogens with zero attached hydrogens (tertiary/aromatic N) is 6. The fourth-order valence-corrected chi connectivity index (χ4v) is 9.81. The van der Waals surface area contributed by atoms with Gasteiger partial charge in [-0.15, -0.1) is 0 Å². The van der Waals surface area contributed by atoms with E-state index in [-0.39, 0.29) is 67.3 Å². The molecule has 0 spiro atoms. The lowest BCUT2D eigenvalue weighted by atomic mass is 10.1. The number of hydrogen-bond acceptors (Lipinski definition) is 22. The van der Waals surface area contributed by atoms with Gasteiger partial charge in [0.25, 0.3) is 0 Å². The molecule has 10 rings (SSSR count). The van der Waals surface area contributed by atoms with Crippen LogP contribution >= 0.6 is 0 Å². The Morgan fingerprint density at radius 3 is 1.41 bits per heavy atom. The number of hydrogen-bond donors (Lipinski definition) is 2. The van der Waals surface area contributed by atoms with Crippen LogP contribution in [-0.2, 0) is 47.7 Å². The summed E-state index contributed by atoms with van der Waals surface area (Å²) in [5, 5.41) is 3.03. The molecule has 434 valence electrons. The molecule has 0 bridgehead atoms. The minimum absolute atomic E-state index is 0.109. The van der Waals surface area contributed by atoms with Crippen molar-refractivity contribution in [2.24, 2.45) is 5.73 Å². The molecule has 80 heavy (non-hydrogen) atoms. The van der Waals surface area contributed by atoms with Crippen LogP contribution in [0.15, 0.2) is 90.3 Å². The first-order valence-electron chi connectivity index (χ1n) is 26.7. The van der Waals surface area contributed by atoms with E-state index in [2.05, 4.69) is 25.3 Å². The molecular weight excluding hydrogens is 1060 g/mol. The van der Waals surface area contributed by atoms with Crippen LogP contribution in [0.2, 0.25) is 0 Å². The first-order chi connectivity index (χ1) is 38.0. The highest BCUT2D eigenvalue weighted by Crippen LogP contribution is 2.33. The van der Waals surface area contributed by atoms with Crippen LogP contribution in [0, 0.1) is 0 Å². The number of likely N-dealkylation sites (tertiary alicyclic amines) is 2. The van der Waals surface area contributed by atoms with Gasteiger partial charge in [0.1, 0.15) is 35.6 Å². The van der Waals surface area contributed by atoms with Gasteiger partial charge in [0.15, 0.2) is 24.4 Å². The van der Waals surface area contributed by atoms with Crippen LogP contribution in [0.5, 0.6) is 11.8 Å². The number of carbonyl (C=O) groups excluding carboxylic acids is 4. The van der Waals surface area contributed by atoms with Crippen molar-refractivity contribution in [3.05, 3.63) is 96.3 Å². The SMILES string of the molecule is CC(C)(C)OC(=O)N1CCC(N)CC1.CC(C)(C)OC(=O)N1CCC(Nc2nccc(O[C@H]3CO[C@H]4[C@@H]3OC[C@@H]4OC(=O)c3ccccc3)n2)CC1.CS(=O)(=O)c1nccc(O[C@H]2CO[C@H]3[C@@H]2OC[C@@H]3OC(=O)c2ccccc2)n1. The monoisotopic (exact) mass is 1130 g/mol. The van der Waals surface area contributed by atoms with Gasteiger partial charge >= 0.3 is 24.1 Å². The average Bonchev–Trinajstić information content (AvgIpc) is 4.30. The van der Waals surface area contributed by atoms with Crippen LogP contribution in [0.4, 0.5) is 15.5 Å². The third-order valence-corrected chi connectivity index (χ3v) is 14.1. The maximum atomic E-state index is 12.5. The van der Waals surface area contributed by atoms with E-state index in [0.29, 0.717) is 42.7 Å². The van der Waals surface area contributed by atoms with Gasteiger partial charge in [-0.25, -0.2) is 37.6 Å². The van der Waals surface area contributed by atoms with Crippen LogP contribution in [0.1, 0.15) is 87.9 Å². The maximum absolute atomic E-state index is 12.5. The number of esters is 2. The second-order valence-corrected chi connectivity index (χ2v) is 23.9. The van der Waals surface area contributed by atoms with Gasteiger partial charge in [-0.2, -0.15) is 9.97 Å². The highest BCUT2D eigenvalue weighted by Gasteiger charge is 2.52. The minimum Gasteiger partial charge on any atom is -0.469 e. The molecule has 2 aromatic carbocycles. The summed E-state index contributed by atoms with van der Waals surface area (Å²) in [6, 6.07) is 21.0. The molecule has 0 radical (unpaired) electrons. The van der Waals surface area contributed by atoms with Crippen molar-refractivity contribution in [1.82, 2.24) is 29.7 Å². The zero-order valence-corrected chi connectivity index (χ0v) is 46.9. The molecule has 0 aliphatic carbocycles. The Morgan fingerprint density at radius 1 is 0.575 bits per heavy atom. The zero-order chi connectivity index (χ0) is 57.2. The fourth-order valence-electron chi connectivity index (χ4n) is 9.30. The number of aromatic nitrogens is 4. The van der Waals surface area contributed by atoms with Gasteiger partial charge in [-0.1, -0.05) is 36.4 Å².